The Labute approximate surface area is 116 Å². The predicted molar refractivity (Wildman–Crippen MR) is 79.9 cm³/mol. The molecular formula is C16H25NO2. The smallest absolute Gasteiger partial charge is 0.165 e. The lowest BCUT2D eigenvalue weighted by Crippen LogP contribution is -2.22. The highest BCUT2D eigenvalue weighted by Gasteiger charge is 2.10. The van der Waals surface area contributed by atoms with Crippen LogP contribution in [0.3, 0.4) is 0 Å². The predicted octanol–water partition coefficient (Wildman–Crippen LogP) is 3.54. The lowest BCUT2D eigenvalue weighted by atomic mass is 10.1. The highest BCUT2D eigenvalue weighted by atomic mass is 16.5. The van der Waals surface area contributed by atoms with Gasteiger partial charge >= 0.3 is 0 Å². The van der Waals surface area contributed by atoms with Crippen LogP contribution in [0, 0.1) is 0 Å². The first kappa shape index (κ1) is 15.6. The highest BCUT2D eigenvalue weighted by Crippen LogP contribution is 2.31. The monoisotopic (exact) mass is 263 g/mol. The second-order valence-corrected chi connectivity index (χ2v) is 5.04. The van der Waals surface area contributed by atoms with Gasteiger partial charge < -0.3 is 14.8 Å². The molecule has 0 saturated carbocycles. The van der Waals surface area contributed by atoms with Gasteiger partial charge in [0.2, 0.25) is 0 Å². The van der Waals surface area contributed by atoms with E-state index in [1.54, 1.807) is 7.11 Å². The third-order valence-corrected chi connectivity index (χ3v) is 2.76. The van der Waals surface area contributed by atoms with Gasteiger partial charge in [0.15, 0.2) is 11.5 Å². The van der Waals surface area contributed by atoms with Gasteiger partial charge in [-0.2, -0.15) is 0 Å². The zero-order chi connectivity index (χ0) is 14.3. The van der Waals surface area contributed by atoms with Gasteiger partial charge in [0.1, 0.15) is 0 Å². The van der Waals surface area contributed by atoms with E-state index in [-0.39, 0.29) is 0 Å². The molecule has 1 aromatic carbocycles. The number of methoxy groups -OCH3 is 1. The minimum Gasteiger partial charge on any atom is -0.493 e. The van der Waals surface area contributed by atoms with Crippen LogP contribution in [0.5, 0.6) is 11.5 Å². The number of hydrogen-bond donors (Lipinski definition) is 1. The number of ether oxygens (including phenoxy) is 2. The average Bonchev–Trinajstić information content (AvgIpc) is 2.36. The fourth-order valence-electron chi connectivity index (χ4n) is 1.67. The molecule has 106 valence electrons. The quantitative estimate of drug-likeness (QED) is 0.728. The molecule has 3 heteroatoms. The molecule has 19 heavy (non-hydrogen) atoms. The van der Waals surface area contributed by atoms with Crippen molar-refractivity contribution in [1.82, 2.24) is 5.32 Å². The van der Waals surface area contributed by atoms with Crippen molar-refractivity contribution in [1.29, 1.82) is 0 Å². The molecule has 0 aliphatic heterocycles. The van der Waals surface area contributed by atoms with Crippen LogP contribution in [0.4, 0.5) is 0 Å². The summed E-state index contributed by atoms with van der Waals surface area (Å²) in [6, 6.07) is 6.42. The zero-order valence-electron chi connectivity index (χ0n) is 12.5. The summed E-state index contributed by atoms with van der Waals surface area (Å²) in [5, 5.41) is 3.40. The fourth-order valence-corrected chi connectivity index (χ4v) is 1.67. The Hall–Kier alpha value is -1.48. The summed E-state index contributed by atoms with van der Waals surface area (Å²) in [6.07, 6.45) is 0.856. The van der Waals surface area contributed by atoms with Gasteiger partial charge in [-0.3, -0.25) is 0 Å². The van der Waals surface area contributed by atoms with Crippen molar-refractivity contribution in [2.75, 3.05) is 13.7 Å². The van der Waals surface area contributed by atoms with Crippen LogP contribution in [0.25, 0.3) is 0 Å². The number of hydrogen-bond acceptors (Lipinski definition) is 3. The Morgan fingerprint density at radius 3 is 2.68 bits per heavy atom. The second-order valence-electron chi connectivity index (χ2n) is 5.04. The lowest BCUT2D eigenvalue weighted by Gasteiger charge is -2.16. The van der Waals surface area contributed by atoms with Crippen LogP contribution < -0.4 is 14.8 Å². The van der Waals surface area contributed by atoms with Gasteiger partial charge in [-0.1, -0.05) is 31.6 Å². The summed E-state index contributed by atoms with van der Waals surface area (Å²) < 4.78 is 11.3. The first-order valence-electron chi connectivity index (χ1n) is 6.71. The number of para-hydroxylation sites is 1. The van der Waals surface area contributed by atoms with Crippen molar-refractivity contribution in [3.05, 3.63) is 35.9 Å². The third-order valence-electron chi connectivity index (χ3n) is 2.76. The summed E-state index contributed by atoms with van der Waals surface area (Å²) in [6.45, 7) is 11.6. The van der Waals surface area contributed by atoms with Gasteiger partial charge in [-0.15, -0.1) is 6.58 Å². The molecule has 0 radical (unpaired) electrons. The van der Waals surface area contributed by atoms with E-state index in [1.807, 2.05) is 19.1 Å². The summed E-state index contributed by atoms with van der Waals surface area (Å²) in [4.78, 5) is 0. The minimum atomic E-state index is 0.439. The normalized spacial score (nSPS) is 10.6. The molecule has 0 amide bonds. The van der Waals surface area contributed by atoms with Crippen LogP contribution in [0.2, 0.25) is 0 Å². The maximum absolute atomic E-state index is 5.88. The molecule has 0 heterocycles. The average molecular weight is 263 g/mol. The molecule has 3 nitrogen and oxygen atoms in total. The van der Waals surface area contributed by atoms with E-state index in [4.69, 9.17) is 9.47 Å². The molecule has 1 rings (SSSR count). The summed E-state index contributed by atoms with van der Waals surface area (Å²) in [7, 11) is 1.67. The van der Waals surface area contributed by atoms with Gasteiger partial charge in [0, 0.05) is 24.6 Å². The van der Waals surface area contributed by atoms with E-state index in [1.165, 1.54) is 0 Å². The standard InChI is InChI=1S/C16H25NO2/c1-12(2)9-10-19-16-14(11-17-13(3)4)7-6-8-15(16)18-5/h6-8,13,17H,1,9-11H2,2-5H3. The molecule has 0 fully saturated rings. The topological polar surface area (TPSA) is 30.5 Å². The van der Waals surface area contributed by atoms with Crippen molar-refractivity contribution in [2.45, 2.75) is 39.8 Å². The fraction of sp³-hybridized carbons (Fsp3) is 0.500. The van der Waals surface area contributed by atoms with Gasteiger partial charge in [0.05, 0.1) is 13.7 Å². The van der Waals surface area contributed by atoms with Gasteiger partial charge in [-0.05, 0) is 13.0 Å². The molecule has 0 aromatic heterocycles. The molecule has 1 N–H and O–H groups in total. The number of rotatable bonds is 8. The largest absolute Gasteiger partial charge is 0.493 e. The van der Waals surface area contributed by atoms with Crippen LogP contribution >= 0.6 is 0 Å². The molecular weight excluding hydrogens is 238 g/mol. The molecule has 0 spiro atoms. The van der Waals surface area contributed by atoms with E-state index < -0.39 is 0 Å². The summed E-state index contributed by atoms with van der Waals surface area (Å²) in [5.74, 6) is 1.61. The Morgan fingerprint density at radius 2 is 2.11 bits per heavy atom. The molecule has 0 unspecified atom stereocenters. The van der Waals surface area contributed by atoms with E-state index in [0.717, 1.165) is 35.6 Å². The lowest BCUT2D eigenvalue weighted by molar-refractivity contribution is 0.293. The Bertz CT molecular complexity index is 413. The van der Waals surface area contributed by atoms with E-state index in [9.17, 15) is 0 Å². The molecule has 0 aliphatic rings. The molecule has 0 saturated heterocycles. The van der Waals surface area contributed by atoms with Crippen LogP contribution in [-0.2, 0) is 6.54 Å². The van der Waals surface area contributed by atoms with Crippen LogP contribution in [0.1, 0.15) is 32.8 Å². The Kier molecular flexibility index (Phi) is 6.43. The van der Waals surface area contributed by atoms with Crippen LogP contribution in [-0.4, -0.2) is 19.8 Å². The van der Waals surface area contributed by atoms with Gasteiger partial charge in [0.25, 0.3) is 0 Å². The van der Waals surface area contributed by atoms with Crippen molar-refractivity contribution in [3.8, 4) is 11.5 Å². The van der Waals surface area contributed by atoms with Crippen molar-refractivity contribution >= 4 is 0 Å². The summed E-state index contributed by atoms with van der Waals surface area (Å²) in [5.41, 5.74) is 2.24. The highest BCUT2D eigenvalue weighted by molar-refractivity contribution is 5.46. The van der Waals surface area contributed by atoms with Crippen molar-refractivity contribution in [3.63, 3.8) is 0 Å². The van der Waals surface area contributed by atoms with E-state index in [0.29, 0.717) is 12.6 Å². The first-order chi connectivity index (χ1) is 9.04. The SMILES string of the molecule is C=C(C)CCOc1c(CNC(C)C)cccc1OC. The van der Waals surface area contributed by atoms with E-state index >= 15 is 0 Å². The Morgan fingerprint density at radius 1 is 1.37 bits per heavy atom. The zero-order valence-corrected chi connectivity index (χ0v) is 12.5. The number of benzene rings is 1. The van der Waals surface area contributed by atoms with Gasteiger partial charge in [-0.25, -0.2) is 0 Å². The first-order valence-corrected chi connectivity index (χ1v) is 6.71. The maximum atomic E-state index is 5.88. The molecule has 0 bridgehead atoms. The molecule has 1 aromatic rings. The molecule has 0 atom stereocenters. The maximum Gasteiger partial charge on any atom is 0.165 e. The third kappa shape index (κ3) is 5.35. The Balaban J connectivity index is 2.80. The van der Waals surface area contributed by atoms with E-state index in [2.05, 4.69) is 31.8 Å². The second kappa shape index (κ2) is 7.85. The molecule has 0 aliphatic carbocycles. The number of nitrogens with one attached hydrogen (secondary N) is 1. The van der Waals surface area contributed by atoms with Crippen LogP contribution in [0.15, 0.2) is 30.4 Å². The van der Waals surface area contributed by atoms with Crippen molar-refractivity contribution in [2.24, 2.45) is 0 Å². The minimum absolute atomic E-state index is 0.439. The summed E-state index contributed by atoms with van der Waals surface area (Å²) >= 11 is 0. The van der Waals surface area contributed by atoms with Crippen molar-refractivity contribution < 1.29 is 9.47 Å².